The number of rotatable bonds is 4. The van der Waals surface area contributed by atoms with Gasteiger partial charge in [-0.25, -0.2) is 13.1 Å². The van der Waals surface area contributed by atoms with Crippen molar-refractivity contribution in [3.05, 3.63) is 70.3 Å². The van der Waals surface area contributed by atoms with E-state index in [2.05, 4.69) is 38.8 Å². The second-order valence-corrected chi connectivity index (χ2v) is 18.1. The van der Waals surface area contributed by atoms with Crippen molar-refractivity contribution in [2.75, 3.05) is 64.1 Å². The molecule has 3 aliphatic heterocycles. The predicted octanol–water partition coefficient (Wildman–Crippen LogP) is 6.38. The molecule has 11 heteroatoms. The Balaban J connectivity index is 1.21. The minimum absolute atomic E-state index is 0.0610. The molecule has 2 aliphatic carbocycles. The van der Waals surface area contributed by atoms with Crippen molar-refractivity contribution in [2.24, 2.45) is 17.8 Å². The highest BCUT2D eigenvalue weighted by atomic mass is 35.5. The summed E-state index contributed by atoms with van der Waals surface area (Å²) in [6, 6.07) is 11.6. The number of hydrogen-bond acceptors (Lipinski definition) is 8. The maximum Gasteiger partial charge on any atom is 0.264 e. The van der Waals surface area contributed by atoms with E-state index < -0.39 is 21.2 Å². The van der Waals surface area contributed by atoms with E-state index in [9.17, 15) is 13.2 Å². The Morgan fingerprint density at radius 1 is 1.06 bits per heavy atom. The molecule has 51 heavy (non-hydrogen) atoms. The van der Waals surface area contributed by atoms with Gasteiger partial charge in [0.25, 0.3) is 5.91 Å². The number of halogens is 1. The lowest BCUT2D eigenvalue weighted by Crippen LogP contribution is -2.50. The summed E-state index contributed by atoms with van der Waals surface area (Å²) < 4.78 is 48.4. The Hall–Kier alpha value is -2.63. The van der Waals surface area contributed by atoms with Gasteiger partial charge in [0.2, 0.25) is 10.0 Å². The Bertz CT molecular complexity index is 1690. The van der Waals surface area contributed by atoms with Gasteiger partial charge in [-0.3, -0.25) is 4.79 Å². The highest BCUT2D eigenvalue weighted by Gasteiger charge is 2.44. The summed E-state index contributed by atoms with van der Waals surface area (Å²) >= 11 is 6.48. The van der Waals surface area contributed by atoms with Crippen LogP contribution in [0, 0.1) is 17.8 Å². The Kier molecular flexibility index (Phi) is 11.4. The van der Waals surface area contributed by atoms with E-state index >= 15 is 0 Å². The maximum absolute atomic E-state index is 13.6. The van der Waals surface area contributed by atoms with Crippen LogP contribution in [0.5, 0.6) is 5.75 Å². The number of allylic oxidation sites excluding steroid dienone is 1. The lowest BCUT2D eigenvalue weighted by atomic mass is 9.68. The fourth-order valence-corrected chi connectivity index (χ4v) is 10.3. The zero-order chi connectivity index (χ0) is 35.6. The third kappa shape index (κ3) is 8.15. The fraction of sp³-hybridized carbons (Fsp3) is 0.625. The third-order valence-corrected chi connectivity index (χ3v) is 14.4. The van der Waals surface area contributed by atoms with E-state index in [1.54, 1.807) is 13.0 Å². The van der Waals surface area contributed by atoms with Crippen LogP contribution < -0.4 is 14.4 Å². The molecule has 2 fully saturated rings. The number of benzene rings is 2. The molecule has 1 saturated carbocycles. The van der Waals surface area contributed by atoms with Crippen LogP contribution in [0.15, 0.2) is 48.6 Å². The zero-order valence-electron chi connectivity index (χ0n) is 30.2. The highest BCUT2D eigenvalue weighted by Crippen LogP contribution is 2.47. The summed E-state index contributed by atoms with van der Waals surface area (Å²) in [5.41, 5.74) is 3.47. The van der Waals surface area contributed by atoms with Crippen LogP contribution in [0.4, 0.5) is 5.69 Å². The number of aryl methyl sites for hydroxylation is 1. The van der Waals surface area contributed by atoms with Gasteiger partial charge >= 0.3 is 0 Å². The second kappa shape index (κ2) is 15.8. The average Bonchev–Trinajstić information content (AvgIpc) is 3.23. The zero-order valence-corrected chi connectivity index (χ0v) is 31.7. The topological polar surface area (TPSA) is 97.4 Å². The summed E-state index contributed by atoms with van der Waals surface area (Å²) in [6.45, 7) is 10.9. The molecule has 7 rings (SSSR count). The van der Waals surface area contributed by atoms with Crippen LogP contribution in [0.25, 0.3) is 0 Å². The SMILES string of the molecule is CC1C/C=C/C(OCCN2CCCOCCC2)[C@@H]2CC[C@H]2CN2C[C@@]3(CCCc4cc(Cl)ccc43)COc3ccc(cc32)C(=O)NS(=O)(=O)C1C. The largest absolute Gasteiger partial charge is 0.490 e. The Morgan fingerprint density at radius 3 is 2.67 bits per heavy atom. The van der Waals surface area contributed by atoms with Crippen molar-refractivity contribution in [3.63, 3.8) is 0 Å². The van der Waals surface area contributed by atoms with Crippen molar-refractivity contribution >= 4 is 33.2 Å². The van der Waals surface area contributed by atoms with Gasteiger partial charge in [-0.05, 0) is 118 Å². The van der Waals surface area contributed by atoms with E-state index in [1.807, 2.05) is 25.1 Å². The first kappa shape index (κ1) is 36.7. The molecule has 9 nitrogen and oxygen atoms in total. The number of anilines is 1. The standard InChI is InChI=1S/C40H54ClN3O6S/c1-28-7-3-9-37(49-22-19-43-17-5-20-48-21-6-18-43)34-13-10-32(34)25-44-26-40(16-4-8-30-23-33(41)12-14-35(30)40)27-50-38-15-11-31(24-36(38)44)39(45)42-51(46,47)29(28)2/h3,9,11-12,14-15,23-24,28-29,32,34,37H,4-8,10,13,16-22,25-27H2,1-2H3,(H,42,45)/b9-3+/t28?,29?,32-,34+,37?,40-/m0/s1. The molecule has 1 amide bonds. The van der Waals surface area contributed by atoms with Crippen molar-refractivity contribution in [1.82, 2.24) is 9.62 Å². The molecule has 278 valence electrons. The van der Waals surface area contributed by atoms with E-state index in [0.29, 0.717) is 37.0 Å². The van der Waals surface area contributed by atoms with E-state index in [-0.39, 0.29) is 17.4 Å². The number of fused-ring (bicyclic) bond motifs is 4. The Morgan fingerprint density at radius 2 is 1.88 bits per heavy atom. The summed E-state index contributed by atoms with van der Waals surface area (Å²) in [7, 11) is -3.93. The van der Waals surface area contributed by atoms with Crippen LogP contribution in [-0.4, -0.2) is 89.7 Å². The molecule has 1 spiro atoms. The molecule has 2 aromatic rings. The van der Waals surface area contributed by atoms with Gasteiger partial charge in [-0.1, -0.05) is 36.7 Å². The monoisotopic (exact) mass is 739 g/mol. The molecular formula is C40H54ClN3O6S. The summed E-state index contributed by atoms with van der Waals surface area (Å²) in [4.78, 5) is 18.5. The number of ether oxygens (including phenoxy) is 3. The Labute approximate surface area is 309 Å². The average molecular weight is 740 g/mol. The van der Waals surface area contributed by atoms with Gasteiger partial charge in [-0.15, -0.1) is 0 Å². The van der Waals surface area contributed by atoms with Gasteiger partial charge in [0, 0.05) is 61.9 Å². The van der Waals surface area contributed by atoms with Crippen molar-refractivity contribution in [1.29, 1.82) is 0 Å². The van der Waals surface area contributed by atoms with Crippen molar-refractivity contribution < 1.29 is 27.4 Å². The molecule has 2 bridgehead atoms. The molecule has 0 radical (unpaired) electrons. The number of sulfonamides is 1. The number of nitrogens with zero attached hydrogens (tertiary/aromatic N) is 2. The molecule has 6 atom stereocenters. The first-order valence-electron chi connectivity index (χ1n) is 19.1. The number of nitrogens with one attached hydrogen (secondary N) is 1. The summed E-state index contributed by atoms with van der Waals surface area (Å²) in [6.07, 6.45) is 12.1. The number of carbonyl (C=O) groups excluding carboxylic acids is 1. The molecular weight excluding hydrogens is 686 g/mol. The molecule has 0 aromatic heterocycles. The first-order valence-corrected chi connectivity index (χ1v) is 21.0. The second-order valence-electron chi connectivity index (χ2n) is 15.6. The van der Waals surface area contributed by atoms with E-state index in [0.717, 1.165) is 107 Å². The van der Waals surface area contributed by atoms with Crippen LogP contribution in [0.2, 0.25) is 5.02 Å². The van der Waals surface area contributed by atoms with Crippen LogP contribution >= 0.6 is 11.6 Å². The lowest BCUT2D eigenvalue weighted by Gasteiger charge is -2.46. The maximum atomic E-state index is 13.6. The summed E-state index contributed by atoms with van der Waals surface area (Å²) in [5, 5.41) is -0.00830. The highest BCUT2D eigenvalue weighted by molar-refractivity contribution is 7.90. The molecule has 1 saturated heterocycles. The fourth-order valence-electron chi connectivity index (χ4n) is 8.86. The minimum Gasteiger partial charge on any atom is -0.490 e. The van der Waals surface area contributed by atoms with Crippen molar-refractivity contribution in [2.45, 2.75) is 82.0 Å². The number of hydrogen-bond donors (Lipinski definition) is 1. The normalized spacial score (nSPS) is 32.2. The molecule has 3 unspecified atom stereocenters. The van der Waals surface area contributed by atoms with Gasteiger partial charge in [0.05, 0.1) is 30.3 Å². The molecule has 2 aromatic carbocycles. The van der Waals surface area contributed by atoms with Gasteiger partial charge in [0.15, 0.2) is 0 Å². The minimum atomic E-state index is -3.93. The molecule has 3 heterocycles. The number of amides is 1. The van der Waals surface area contributed by atoms with Gasteiger partial charge < -0.3 is 24.0 Å². The smallest absolute Gasteiger partial charge is 0.264 e. The van der Waals surface area contributed by atoms with Gasteiger partial charge in [-0.2, -0.15) is 0 Å². The van der Waals surface area contributed by atoms with Gasteiger partial charge in [0.1, 0.15) is 5.75 Å². The molecule has 5 aliphatic rings. The van der Waals surface area contributed by atoms with Crippen LogP contribution in [-0.2, 0) is 31.3 Å². The van der Waals surface area contributed by atoms with Crippen LogP contribution in [0.1, 0.15) is 80.3 Å². The van der Waals surface area contributed by atoms with E-state index in [1.165, 1.54) is 11.1 Å². The summed E-state index contributed by atoms with van der Waals surface area (Å²) in [5.74, 6) is 0.632. The van der Waals surface area contributed by atoms with Crippen LogP contribution in [0.3, 0.4) is 0 Å². The first-order chi connectivity index (χ1) is 24.6. The van der Waals surface area contributed by atoms with Crippen molar-refractivity contribution in [3.8, 4) is 5.75 Å². The molecule has 1 N–H and O–H groups in total. The third-order valence-electron chi connectivity index (χ3n) is 12.3. The van der Waals surface area contributed by atoms with E-state index in [4.69, 9.17) is 25.8 Å². The quantitative estimate of drug-likeness (QED) is 0.361. The predicted molar refractivity (Wildman–Crippen MR) is 201 cm³/mol. The lowest BCUT2D eigenvalue weighted by molar-refractivity contribution is -0.0232. The number of carbonyl (C=O) groups is 1.